The molecule has 1 unspecified atom stereocenters. The molecule has 3 aromatic heterocycles. The average Bonchev–Trinajstić information content (AvgIpc) is 2.99. The van der Waals surface area contributed by atoms with E-state index in [0.717, 1.165) is 40.0 Å². The first-order valence-corrected chi connectivity index (χ1v) is 10.1. The van der Waals surface area contributed by atoms with E-state index in [9.17, 15) is 5.11 Å². The summed E-state index contributed by atoms with van der Waals surface area (Å²) >= 11 is 6.51. The quantitative estimate of drug-likeness (QED) is 0.590. The Labute approximate surface area is 171 Å². The summed E-state index contributed by atoms with van der Waals surface area (Å²) in [6.07, 6.45) is 2.81. The van der Waals surface area contributed by atoms with Gasteiger partial charge in [0.15, 0.2) is 0 Å². The minimum atomic E-state index is 0.156. The Morgan fingerprint density at radius 1 is 1.25 bits per heavy atom. The van der Waals surface area contributed by atoms with Gasteiger partial charge in [-0.25, -0.2) is 9.97 Å². The van der Waals surface area contributed by atoms with Crippen LogP contribution in [-0.2, 0) is 6.54 Å². The average molecular weight is 402 g/mol. The second kappa shape index (κ2) is 8.50. The molecule has 0 fully saturated rings. The predicted octanol–water partition coefficient (Wildman–Crippen LogP) is 5.21. The molecule has 0 saturated carbocycles. The van der Waals surface area contributed by atoms with Crippen molar-refractivity contribution in [1.82, 2.24) is 14.5 Å². The van der Waals surface area contributed by atoms with E-state index in [-0.39, 0.29) is 12.5 Å². The third-order valence-electron chi connectivity index (χ3n) is 5.21. The Hall–Kier alpha value is -2.11. The number of aliphatic hydroxyl groups is 1. The van der Waals surface area contributed by atoms with Gasteiger partial charge in [0.2, 0.25) is 5.88 Å². The normalized spacial score (nSPS) is 12.7. The highest BCUT2D eigenvalue weighted by Crippen LogP contribution is 2.35. The first kappa shape index (κ1) is 20.6. The number of pyridine rings is 2. The van der Waals surface area contributed by atoms with Crippen molar-refractivity contribution in [3.8, 4) is 17.1 Å². The SMILES string of the molecule is CCC(CO)Cn1cc(Cl)c2nc(-c3ccc(C(C)C)nc3OC)c(C)cc21. The number of ether oxygens (including phenoxy) is 1. The molecule has 0 aliphatic rings. The van der Waals surface area contributed by atoms with E-state index in [4.69, 9.17) is 21.3 Å². The van der Waals surface area contributed by atoms with Crippen LogP contribution in [0.5, 0.6) is 5.88 Å². The van der Waals surface area contributed by atoms with Crippen molar-refractivity contribution in [3.63, 3.8) is 0 Å². The number of hydrogen-bond donors (Lipinski definition) is 1. The number of fused-ring (bicyclic) bond motifs is 1. The monoisotopic (exact) mass is 401 g/mol. The molecule has 5 nitrogen and oxygen atoms in total. The van der Waals surface area contributed by atoms with E-state index in [0.29, 0.717) is 23.4 Å². The summed E-state index contributed by atoms with van der Waals surface area (Å²) in [4.78, 5) is 9.52. The number of hydrogen-bond acceptors (Lipinski definition) is 4. The van der Waals surface area contributed by atoms with Gasteiger partial charge in [0.05, 0.1) is 28.9 Å². The first-order chi connectivity index (χ1) is 13.4. The first-order valence-electron chi connectivity index (χ1n) is 9.71. The summed E-state index contributed by atoms with van der Waals surface area (Å²) in [6, 6.07) is 6.14. The molecule has 0 bridgehead atoms. The highest BCUT2D eigenvalue weighted by atomic mass is 35.5. The van der Waals surface area contributed by atoms with Crippen LogP contribution in [0.1, 0.15) is 44.4 Å². The lowest BCUT2D eigenvalue weighted by atomic mass is 10.0. The lowest BCUT2D eigenvalue weighted by Gasteiger charge is -2.15. The standard InChI is InChI=1S/C22H28ClN3O2/c1-6-15(12-27)10-26-11-17(23)21-19(26)9-14(4)20(25-21)16-7-8-18(13(2)3)24-22(16)28-5/h7-9,11,13,15,27H,6,10,12H2,1-5H3. The Balaban J connectivity index is 2.12. The van der Waals surface area contributed by atoms with Gasteiger partial charge in [0.25, 0.3) is 0 Å². The second-order valence-electron chi connectivity index (χ2n) is 7.56. The number of nitrogens with zero attached hydrogens (tertiary/aromatic N) is 3. The Bertz CT molecular complexity index is 978. The molecule has 3 rings (SSSR count). The van der Waals surface area contributed by atoms with Crippen LogP contribution in [0, 0.1) is 12.8 Å². The fourth-order valence-corrected chi connectivity index (χ4v) is 3.65. The zero-order valence-electron chi connectivity index (χ0n) is 17.2. The predicted molar refractivity (Wildman–Crippen MR) is 114 cm³/mol. The van der Waals surface area contributed by atoms with E-state index < -0.39 is 0 Å². The van der Waals surface area contributed by atoms with Crippen molar-refractivity contribution in [1.29, 1.82) is 0 Å². The van der Waals surface area contributed by atoms with Crippen molar-refractivity contribution in [2.75, 3.05) is 13.7 Å². The summed E-state index contributed by atoms with van der Waals surface area (Å²) in [5, 5.41) is 10.2. The van der Waals surface area contributed by atoms with Crippen molar-refractivity contribution in [3.05, 3.63) is 40.7 Å². The lowest BCUT2D eigenvalue weighted by Crippen LogP contribution is -2.13. The number of methoxy groups -OCH3 is 1. The Morgan fingerprint density at radius 2 is 2.00 bits per heavy atom. The molecular weight excluding hydrogens is 374 g/mol. The van der Waals surface area contributed by atoms with E-state index in [1.807, 2.05) is 25.3 Å². The number of rotatable bonds is 7. The highest BCUT2D eigenvalue weighted by Gasteiger charge is 2.18. The minimum Gasteiger partial charge on any atom is -0.480 e. The van der Waals surface area contributed by atoms with Gasteiger partial charge in [-0.05, 0) is 48.9 Å². The molecule has 0 aliphatic heterocycles. The molecule has 28 heavy (non-hydrogen) atoms. The van der Waals surface area contributed by atoms with Crippen LogP contribution in [0.3, 0.4) is 0 Å². The molecular formula is C22H28ClN3O2. The molecule has 150 valence electrons. The maximum atomic E-state index is 9.55. The number of aliphatic hydroxyl groups excluding tert-OH is 1. The van der Waals surface area contributed by atoms with Gasteiger partial charge in [0.1, 0.15) is 5.52 Å². The van der Waals surface area contributed by atoms with E-state index in [2.05, 4.69) is 36.4 Å². The van der Waals surface area contributed by atoms with Crippen LogP contribution in [0.2, 0.25) is 5.02 Å². The highest BCUT2D eigenvalue weighted by molar-refractivity contribution is 6.35. The van der Waals surface area contributed by atoms with Gasteiger partial charge >= 0.3 is 0 Å². The third-order valence-corrected chi connectivity index (χ3v) is 5.49. The second-order valence-corrected chi connectivity index (χ2v) is 7.96. The van der Waals surface area contributed by atoms with Crippen molar-refractivity contribution < 1.29 is 9.84 Å². The number of aromatic nitrogens is 3. The van der Waals surface area contributed by atoms with E-state index >= 15 is 0 Å². The van der Waals surface area contributed by atoms with Crippen LogP contribution in [0.15, 0.2) is 24.4 Å². The molecule has 0 radical (unpaired) electrons. The molecule has 0 saturated heterocycles. The fraction of sp³-hybridized carbons (Fsp3) is 0.455. The number of aryl methyl sites for hydroxylation is 1. The van der Waals surface area contributed by atoms with Crippen LogP contribution in [-0.4, -0.2) is 33.4 Å². The molecule has 0 aliphatic carbocycles. The van der Waals surface area contributed by atoms with Crippen LogP contribution >= 0.6 is 11.6 Å². The van der Waals surface area contributed by atoms with Crippen LogP contribution in [0.25, 0.3) is 22.3 Å². The summed E-state index contributed by atoms with van der Waals surface area (Å²) in [7, 11) is 1.63. The van der Waals surface area contributed by atoms with Gasteiger partial charge in [-0.1, -0.05) is 32.4 Å². The molecule has 3 aromatic rings. The van der Waals surface area contributed by atoms with Gasteiger partial charge in [0, 0.05) is 25.0 Å². The van der Waals surface area contributed by atoms with Crippen LogP contribution < -0.4 is 4.74 Å². The minimum absolute atomic E-state index is 0.156. The van der Waals surface area contributed by atoms with Gasteiger partial charge in [-0.2, -0.15) is 0 Å². The molecule has 1 atom stereocenters. The van der Waals surface area contributed by atoms with Crippen LogP contribution in [0.4, 0.5) is 0 Å². The van der Waals surface area contributed by atoms with Gasteiger partial charge < -0.3 is 14.4 Å². The maximum absolute atomic E-state index is 9.55. The molecule has 0 spiro atoms. The molecule has 6 heteroatoms. The molecule has 0 aromatic carbocycles. The topological polar surface area (TPSA) is 60.2 Å². The summed E-state index contributed by atoms with van der Waals surface area (Å²) in [5.74, 6) is 1.09. The van der Waals surface area contributed by atoms with Crippen molar-refractivity contribution in [2.45, 2.75) is 46.6 Å². The summed E-state index contributed by atoms with van der Waals surface area (Å²) in [6.45, 7) is 9.20. The summed E-state index contributed by atoms with van der Waals surface area (Å²) < 4.78 is 7.64. The van der Waals surface area contributed by atoms with E-state index in [1.54, 1.807) is 7.11 Å². The Morgan fingerprint density at radius 3 is 2.61 bits per heavy atom. The lowest BCUT2D eigenvalue weighted by molar-refractivity contribution is 0.208. The maximum Gasteiger partial charge on any atom is 0.222 e. The largest absolute Gasteiger partial charge is 0.480 e. The number of halogens is 1. The molecule has 1 N–H and O–H groups in total. The molecule has 3 heterocycles. The van der Waals surface area contributed by atoms with Crippen molar-refractivity contribution in [2.24, 2.45) is 5.92 Å². The zero-order chi connectivity index (χ0) is 20.4. The van der Waals surface area contributed by atoms with E-state index in [1.165, 1.54) is 0 Å². The van der Waals surface area contributed by atoms with Gasteiger partial charge in [-0.3, -0.25) is 0 Å². The smallest absolute Gasteiger partial charge is 0.222 e. The van der Waals surface area contributed by atoms with Crippen molar-refractivity contribution >= 4 is 22.6 Å². The Kier molecular flexibility index (Phi) is 6.26. The fourth-order valence-electron chi connectivity index (χ4n) is 3.39. The third kappa shape index (κ3) is 3.87. The zero-order valence-corrected chi connectivity index (χ0v) is 17.9. The molecule has 0 amide bonds. The van der Waals surface area contributed by atoms with Gasteiger partial charge in [-0.15, -0.1) is 0 Å². The summed E-state index contributed by atoms with van der Waals surface area (Å²) in [5.41, 5.74) is 5.42.